The van der Waals surface area contributed by atoms with Gasteiger partial charge in [0.05, 0.1) is 12.6 Å². The summed E-state index contributed by atoms with van der Waals surface area (Å²) in [5.41, 5.74) is 2.05. The van der Waals surface area contributed by atoms with Crippen molar-refractivity contribution in [2.75, 3.05) is 6.61 Å². The molecule has 0 aliphatic rings. The van der Waals surface area contributed by atoms with Crippen LogP contribution in [0.15, 0.2) is 48.5 Å². The molecule has 0 saturated carbocycles. The minimum atomic E-state index is -0.438. The Kier molecular flexibility index (Phi) is 4.26. The molecule has 0 spiro atoms. The highest BCUT2D eigenvalue weighted by molar-refractivity contribution is 5.64. The van der Waals surface area contributed by atoms with E-state index in [1.807, 2.05) is 0 Å². The van der Waals surface area contributed by atoms with Gasteiger partial charge in [-0.3, -0.25) is 4.79 Å². The van der Waals surface area contributed by atoms with Gasteiger partial charge in [-0.15, -0.1) is 0 Å². The SMILES string of the molecule is O=CNC(CO)c1ccc(-c2ccccc2F)cc1. The Morgan fingerprint density at radius 2 is 1.84 bits per heavy atom. The third-order valence-corrected chi connectivity index (χ3v) is 2.95. The van der Waals surface area contributed by atoms with Crippen molar-refractivity contribution in [3.05, 3.63) is 59.9 Å². The lowest BCUT2D eigenvalue weighted by Gasteiger charge is -2.14. The zero-order valence-electron chi connectivity index (χ0n) is 10.2. The molecular formula is C15H14FNO2. The van der Waals surface area contributed by atoms with Crippen LogP contribution in [-0.4, -0.2) is 18.1 Å². The van der Waals surface area contributed by atoms with Crippen LogP contribution in [0.2, 0.25) is 0 Å². The van der Waals surface area contributed by atoms with Crippen LogP contribution >= 0.6 is 0 Å². The van der Waals surface area contributed by atoms with Crippen molar-refractivity contribution >= 4 is 6.41 Å². The van der Waals surface area contributed by atoms with Gasteiger partial charge in [0.2, 0.25) is 6.41 Å². The van der Waals surface area contributed by atoms with Crippen LogP contribution in [0.1, 0.15) is 11.6 Å². The maximum absolute atomic E-state index is 13.6. The van der Waals surface area contributed by atoms with Gasteiger partial charge in [0.15, 0.2) is 0 Å². The first-order chi connectivity index (χ1) is 9.26. The Balaban J connectivity index is 2.28. The molecule has 3 nitrogen and oxygen atoms in total. The molecule has 1 unspecified atom stereocenters. The average molecular weight is 259 g/mol. The van der Waals surface area contributed by atoms with E-state index in [1.54, 1.807) is 42.5 Å². The topological polar surface area (TPSA) is 49.3 Å². The lowest BCUT2D eigenvalue weighted by Crippen LogP contribution is -2.22. The van der Waals surface area contributed by atoms with Crippen LogP contribution in [0.25, 0.3) is 11.1 Å². The summed E-state index contributed by atoms with van der Waals surface area (Å²) in [5.74, 6) is -0.278. The lowest BCUT2D eigenvalue weighted by molar-refractivity contribution is -0.110. The number of aliphatic hydroxyl groups is 1. The number of halogens is 1. The largest absolute Gasteiger partial charge is 0.394 e. The predicted octanol–water partition coefficient (Wildman–Crippen LogP) is 2.27. The van der Waals surface area contributed by atoms with Crippen molar-refractivity contribution in [2.45, 2.75) is 6.04 Å². The molecule has 0 aliphatic heterocycles. The van der Waals surface area contributed by atoms with Crippen LogP contribution in [0, 0.1) is 5.82 Å². The quantitative estimate of drug-likeness (QED) is 0.809. The number of benzene rings is 2. The standard InChI is InChI=1S/C15H14FNO2/c16-14-4-2-1-3-13(14)11-5-7-12(8-6-11)15(9-18)17-10-19/h1-8,10,15,18H,9H2,(H,17,19). The van der Waals surface area contributed by atoms with Crippen LogP contribution in [0.3, 0.4) is 0 Å². The molecule has 2 aromatic carbocycles. The monoisotopic (exact) mass is 259 g/mol. The summed E-state index contributed by atoms with van der Waals surface area (Å²) in [5, 5.41) is 11.7. The van der Waals surface area contributed by atoms with Gasteiger partial charge < -0.3 is 10.4 Å². The second kappa shape index (κ2) is 6.11. The molecule has 0 radical (unpaired) electrons. The van der Waals surface area contributed by atoms with Crippen LogP contribution < -0.4 is 5.32 Å². The molecule has 0 bridgehead atoms. The third-order valence-electron chi connectivity index (χ3n) is 2.95. The van der Waals surface area contributed by atoms with Crippen molar-refractivity contribution in [1.82, 2.24) is 5.32 Å². The second-order valence-corrected chi connectivity index (χ2v) is 4.12. The molecule has 0 fully saturated rings. The highest BCUT2D eigenvalue weighted by Gasteiger charge is 2.09. The van der Waals surface area contributed by atoms with E-state index in [1.165, 1.54) is 6.07 Å². The van der Waals surface area contributed by atoms with Gasteiger partial charge in [0.25, 0.3) is 0 Å². The Labute approximate surface area is 110 Å². The first-order valence-corrected chi connectivity index (χ1v) is 5.91. The number of amides is 1. The minimum absolute atomic E-state index is 0.183. The van der Waals surface area contributed by atoms with Gasteiger partial charge in [-0.25, -0.2) is 4.39 Å². The number of nitrogens with one attached hydrogen (secondary N) is 1. The van der Waals surface area contributed by atoms with E-state index in [0.29, 0.717) is 12.0 Å². The maximum Gasteiger partial charge on any atom is 0.207 e. The summed E-state index contributed by atoms with van der Waals surface area (Å²) < 4.78 is 13.6. The third kappa shape index (κ3) is 2.98. The summed E-state index contributed by atoms with van der Waals surface area (Å²) in [4.78, 5) is 10.4. The summed E-state index contributed by atoms with van der Waals surface area (Å²) in [6, 6.07) is 13.2. The number of carbonyl (C=O) groups is 1. The molecule has 4 heteroatoms. The summed E-state index contributed by atoms with van der Waals surface area (Å²) in [6.45, 7) is -0.183. The molecule has 0 aromatic heterocycles. The van der Waals surface area contributed by atoms with E-state index in [9.17, 15) is 9.18 Å². The fraction of sp³-hybridized carbons (Fsp3) is 0.133. The van der Waals surface area contributed by atoms with Crippen molar-refractivity contribution in [2.24, 2.45) is 0 Å². The van der Waals surface area contributed by atoms with E-state index >= 15 is 0 Å². The van der Waals surface area contributed by atoms with Gasteiger partial charge >= 0.3 is 0 Å². The zero-order chi connectivity index (χ0) is 13.7. The van der Waals surface area contributed by atoms with Crippen LogP contribution in [0.5, 0.6) is 0 Å². The molecule has 0 heterocycles. The highest BCUT2D eigenvalue weighted by atomic mass is 19.1. The van der Waals surface area contributed by atoms with Crippen molar-refractivity contribution < 1.29 is 14.3 Å². The number of carbonyl (C=O) groups excluding carboxylic acids is 1. The van der Waals surface area contributed by atoms with Crippen LogP contribution in [-0.2, 0) is 4.79 Å². The average Bonchev–Trinajstić information content (AvgIpc) is 2.46. The van der Waals surface area contributed by atoms with E-state index < -0.39 is 6.04 Å². The van der Waals surface area contributed by atoms with Crippen LogP contribution in [0.4, 0.5) is 4.39 Å². The smallest absolute Gasteiger partial charge is 0.207 e. The number of hydrogen-bond donors (Lipinski definition) is 2. The first kappa shape index (κ1) is 13.2. The molecule has 2 rings (SSSR count). The molecule has 2 aromatic rings. The van der Waals surface area contributed by atoms with Crippen molar-refractivity contribution in [3.63, 3.8) is 0 Å². The lowest BCUT2D eigenvalue weighted by atomic mass is 10.0. The fourth-order valence-electron chi connectivity index (χ4n) is 1.93. The Bertz CT molecular complexity index is 554. The minimum Gasteiger partial charge on any atom is -0.394 e. The highest BCUT2D eigenvalue weighted by Crippen LogP contribution is 2.24. The Morgan fingerprint density at radius 3 is 2.42 bits per heavy atom. The van der Waals surface area contributed by atoms with Gasteiger partial charge in [0, 0.05) is 5.56 Å². The molecule has 1 atom stereocenters. The Morgan fingerprint density at radius 1 is 1.16 bits per heavy atom. The van der Waals surface area contributed by atoms with E-state index in [-0.39, 0.29) is 12.4 Å². The van der Waals surface area contributed by atoms with Gasteiger partial charge in [-0.05, 0) is 17.2 Å². The summed E-state index contributed by atoms with van der Waals surface area (Å²) >= 11 is 0. The van der Waals surface area contributed by atoms with E-state index in [4.69, 9.17) is 5.11 Å². The van der Waals surface area contributed by atoms with Crippen molar-refractivity contribution in [3.8, 4) is 11.1 Å². The zero-order valence-corrected chi connectivity index (χ0v) is 10.2. The van der Waals surface area contributed by atoms with Gasteiger partial charge in [0.1, 0.15) is 5.82 Å². The van der Waals surface area contributed by atoms with Crippen molar-refractivity contribution in [1.29, 1.82) is 0 Å². The number of rotatable bonds is 5. The molecule has 0 saturated heterocycles. The first-order valence-electron chi connectivity index (χ1n) is 5.91. The number of hydrogen-bond acceptors (Lipinski definition) is 2. The molecule has 0 aliphatic carbocycles. The molecule has 2 N–H and O–H groups in total. The molecule has 19 heavy (non-hydrogen) atoms. The van der Waals surface area contributed by atoms with E-state index in [0.717, 1.165) is 11.1 Å². The Hall–Kier alpha value is -2.20. The van der Waals surface area contributed by atoms with Gasteiger partial charge in [-0.2, -0.15) is 0 Å². The molecule has 98 valence electrons. The van der Waals surface area contributed by atoms with E-state index in [2.05, 4.69) is 5.32 Å². The molecule has 1 amide bonds. The predicted molar refractivity (Wildman–Crippen MR) is 70.9 cm³/mol. The maximum atomic E-state index is 13.6. The number of aliphatic hydroxyl groups excluding tert-OH is 1. The normalized spacial score (nSPS) is 11.9. The fourth-order valence-corrected chi connectivity index (χ4v) is 1.93. The second-order valence-electron chi connectivity index (χ2n) is 4.12. The summed E-state index contributed by atoms with van der Waals surface area (Å²) in [6.07, 6.45) is 0.547. The molecular weight excluding hydrogens is 245 g/mol. The summed E-state index contributed by atoms with van der Waals surface area (Å²) in [7, 11) is 0. The van der Waals surface area contributed by atoms with Gasteiger partial charge in [-0.1, -0.05) is 42.5 Å².